The Morgan fingerprint density at radius 2 is 1.94 bits per heavy atom. The van der Waals surface area contributed by atoms with Crippen LogP contribution in [0.4, 0.5) is 5.13 Å². The predicted molar refractivity (Wildman–Crippen MR) is 123 cm³/mol. The molecule has 1 amide bonds. The molecule has 0 aliphatic heterocycles. The molecule has 0 radical (unpaired) electrons. The Bertz CT molecular complexity index is 1180. The van der Waals surface area contributed by atoms with Gasteiger partial charge in [-0.2, -0.15) is 0 Å². The number of rotatable bonds is 7. The molecule has 1 aromatic carbocycles. The van der Waals surface area contributed by atoms with Crippen LogP contribution in [0.3, 0.4) is 0 Å². The Morgan fingerprint density at radius 1 is 1.16 bits per heavy atom. The molecule has 0 fully saturated rings. The van der Waals surface area contributed by atoms with Gasteiger partial charge in [-0.05, 0) is 45.7 Å². The summed E-state index contributed by atoms with van der Waals surface area (Å²) in [7, 11) is 0. The van der Waals surface area contributed by atoms with Crippen molar-refractivity contribution in [2.45, 2.75) is 47.1 Å². The first-order valence-corrected chi connectivity index (χ1v) is 11.2. The lowest BCUT2D eigenvalue weighted by Crippen LogP contribution is -2.15. The van der Waals surface area contributed by atoms with E-state index in [-0.39, 0.29) is 12.3 Å². The number of benzene rings is 1. The quantitative estimate of drug-likeness (QED) is 0.431. The van der Waals surface area contributed by atoms with Crippen LogP contribution < -0.4 is 5.32 Å². The summed E-state index contributed by atoms with van der Waals surface area (Å²) < 4.78 is 7.47. The third kappa shape index (κ3) is 4.61. The van der Waals surface area contributed by atoms with Gasteiger partial charge in [0.2, 0.25) is 5.91 Å². The largest absolute Gasteiger partial charge is 0.361 e. The summed E-state index contributed by atoms with van der Waals surface area (Å²) in [5, 5.41) is 9.40. The number of nitrogens with one attached hydrogen (secondary N) is 1. The van der Waals surface area contributed by atoms with Crippen molar-refractivity contribution >= 4 is 22.4 Å². The average molecular weight is 435 g/mol. The zero-order chi connectivity index (χ0) is 22.0. The minimum Gasteiger partial charge on any atom is -0.361 e. The van der Waals surface area contributed by atoms with Gasteiger partial charge in [-0.25, -0.2) is 4.98 Å². The number of amides is 1. The average Bonchev–Trinajstić information content (AvgIpc) is 3.42. The van der Waals surface area contributed by atoms with E-state index in [2.05, 4.69) is 64.2 Å². The first-order chi connectivity index (χ1) is 14.9. The predicted octanol–water partition coefficient (Wildman–Crippen LogP) is 5.26. The fraction of sp³-hybridized carbons (Fsp3) is 0.292. The standard InChI is InChI=1S/C24H26N4O2S/c1-15-12-21(17(3)28(15)11-10-19-8-6-5-7-9-19)22-14-31-24(25-22)26-23(29)13-20-16(2)27-30-18(20)4/h5-9,12,14H,10-11,13H2,1-4H3,(H,25,26,29). The molecule has 0 saturated carbocycles. The molecule has 1 N–H and O–H groups in total. The van der Waals surface area contributed by atoms with Gasteiger partial charge in [0.1, 0.15) is 5.76 Å². The summed E-state index contributed by atoms with van der Waals surface area (Å²) in [6, 6.07) is 12.7. The minimum atomic E-state index is -0.122. The molecular weight excluding hydrogens is 408 g/mol. The lowest BCUT2D eigenvalue weighted by Gasteiger charge is -2.09. The van der Waals surface area contributed by atoms with Crippen molar-refractivity contribution in [2.24, 2.45) is 0 Å². The number of hydrogen-bond donors (Lipinski definition) is 1. The van der Waals surface area contributed by atoms with E-state index in [4.69, 9.17) is 4.52 Å². The van der Waals surface area contributed by atoms with E-state index < -0.39 is 0 Å². The van der Waals surface area contributed by atoms with Crippen molar-refractivity contribution in [1.82, 2.24) is 14.7 Å². The summed E-state index contributed by atoms with van der Waals surface area (Å²) in [6.07, 6.45) is 1.21. The highest BCUT2D eigenvalue weighted by atomic mass is 32.1. The monoisotopic (exact) mass is 434 g/mol. The van der Waals surface area contributed by atoms with Crippen LogP contribution in [-0.4, -0.2) is 20.6 Å². The van der Waals surface area contributed by atoms with Crippen LogP contribution in [0.1, 0.15) is 34.0 Å². The fourth-order valence-corrected chi connectivity index (χ4v) is 4.55. The Labute approximate surface area is 185 Å². The molecule has 3 aromatic heterocycles. The second-order valence-corrected chi connectivity index (χ2v) is 8.60. The molecule has 0 aliphatic rings. The molecule has 0 atom stereocenters. The number of carbonyl (C=O) groups excluding carboxylic acids is 1. The van der Waals surface area contributed by atoms with Gasteiger partial charge in [0.05, 0.1) is 17.8 Å². The number of nitrogens with zero attached hydrogens (tertiary/aromatic N) is 3. The highest BCUT2D eigenvalue weighted by Gasteiger charge is 2.17. The zero-order valence-electron chi connectivity index (χ0n) is 18.2. The van der Waals surface area contributed by atoms with Crippen LogP contribution in [-0.2, 0) is 24.2 Å². The lowest BCUT2D eigenvalue weighted by atomic mass is 10.1. The van der Waals surface area contributed by atoms with Gasteiger partial charge < -0.3 is 14.4 Å². The zero-order valence-corrected chi connectivity index (χ0v) is 19.0. The molecule has 6 nitrogen and oxygen atoms in total. The number of anilines is 1. The Hall–Kier alpha value is -3.19. The van der Waals surface area contributed by atoms with Crippen LogP contribution in [0.25, 0.3) is 11.3 Å². The van der Waals surface area contributed by atoms with E-state index >= 15 is 0 Å². The number of thiazole rings is 1. The van der Waals surface area contributed by atoms with E-state index in [0.717, 1.165) is 35.5 Å². The smallest absolute Gasteiger partial charge is 0.230 e. The van der Waals surface area contributed by atoms with Crippen molar-refractivity contribution in [3.8, 4) is 11.3 Å². The van der Waals surface area contributed by atoms with Crippen molar-refractivity contribution in [1.29, 1.82) is 0 Å². The SMILES string of the molecule is Cc1noc(C)c1CC(=O)Nc1nc(-c2cc(C)n(CCc3ccccc3)c2C)cs1. The molecule has 3 heterocycles. The van der Waals surface area contributed by atoms with Gasteiger partial charge in [-0.1, -0.05) is 35.5 Å². The van der Waals surface area contributed by atoms with Gasteiger partial charge in [-0.15, -0.1) is 11.3 Å². The summed E-state index contributed by atoms with van der Waals surface area (Å²) in [6.45, 7) is 8.83. The van der Waals surface area contributed by atoms with Crippen LogP contribution in [0.15, 0.2) is 46.3 Å². The molecule has 7 heteroatoms. The van der Waals surface area contributed by atoms with Crippen LogP contribution >= 0.6 is 11.3 Å². The Kier molecular flexibility index (Phi) is 6.04. The van der Waals surface area contributed by atoms with E-state index in [1.165, 1.54) is 28.3 Å². The number of carbonyl (C=O) groups is 1. The first kappa shape index (κ1) is 21.1. The van der Waals surface area contributed by atoms with Crippen molar-refractivity contribution in [3.63, 3.8) is 0 Å². The van der Waals surface area contributed by atoms with Gasteiger partial charge >= 0.3 is 0 Å². The van der Waals surface area contributed by atoms with Gasteiger partial charge in [0.15, 0.2) is 5.13 Å². The summed E-state index contributed by atoms with van der Waals surface area (Å²) >= 11 is 1.44. The van der Waals surface area contributed by atoms with Crippen LogP contribution in [0.5, 0.6) is 0 Å². The van der Waals surface area contributed by atoms with E-state index in [0.29, 0.717) is 10.9 Å². The summed E-state index contributed by atoms with van der Waals surface area (Å²) in [5.41, 5.74) is 7.29. The van der Waals surface area contributed by atoms with Gasteiger partial charge in [-0.3, -0.25) is 4.79 Å². The van der Waals surface area contributed by atoms with Crippen LogP contribution in [0, 0.1) is 27.7 Å². The molecule has 0 saturated heterocycles. The molecule has 160 valence electrons. The molecule has 0 unspecified atom stereocenters. The lowest BCUT2D eigenvalue weighted by molar-refractivity contribution is -0.115. The van der Waals surface area contributed by atoms with Crippen molar-refractivity contribution in [2.75, 3.05) is 5.32 Å². The molecule has 31 heavy (non-hydrogen) atoms. The molecule has 0 spiro atoms. The van der Waals surface area contributed by atoms with E-state index in [1.54, 1.807) is 0 Å². The fourth-order valence-electron chi connectivity index (χ4n) is 3.82. The van der Waals surface area contributed by atoms with Gasteiger partial charge in [0.25, 0.3) is 0 Å². The molecule has 4 aromatic rings. The first-order valence-electron chi connectivity index (χ1n) is 10.3. The third-order valence-electron chi connectivity index (χ3n) is 5.59. The molecule has 4 rings (SSSR count). The molecule has 0 bridgehead atoms. The second kappa shape index (κ2) is 8.89. The van der Waals surface area contributed by atoms with Crippen molar-refractivity contribution in [3.05, 3.63) is 75.7 Å². The third-order valence-corrected chi connectivity index (χ3v) is 6.34. The number of aryl methyl sites for hydroxylation is 4. The van der Waals surface area contributed by atoms with E-state index in [9.17, 15) is 4.79 Å². The van der Waals surface area contributed by atoms with Crippen LogP contribution in [0.2, 0.25) is 0 Å². The summed E-state index contributed by atoms with van der Waals surface area (Å²) in [4.78, 5) is 17.1. The maximum absolute atomic E-state index is 12.5. The maximum atomic E-state index is 12.5. The van der Waals surface area contributed by atoms with Crippen molar-refractivity contribution < 1.29 is 9.32 Å². The topological polar surface area (TPSA) is 73.0 Å². The molecule has 0 aliphatic carbocycles. The van der Waals surface area contributed by atoms with Gasteiger partial charge in [0, 0.05) is 34.4 Å². The Morgan fingerprint density at radius 3 is 2.65 bits per heavy atom. The van der Waals surface area contributed by atoms with E-state index in [1.807, 2.05) is 25.3 Å². The second-order valence-electron chi connectivity index (χ2n) is 7.74. The highest BCUT2D eigenvalue weighted by molar-refractivity contribution is 7.14. The maximum Gasteiger partial charge on any atom is 0.230 e. The normalized spacial score (nSPS) is 11.1. The number of hydrogen-bond acceptors (Lipinski definition) is 5. The molecular formula is C24H26N4O2S. The summed E-state index contributed by atoms with van der Waals surface area (Å²) in [5.74, 6) is 0.555. The Balaban J connectivity index is 1.45. The number of aromatic nitrogens is 3. The highest BCUT2D eigenvalue weighted by Crippen LogP contribution is 2.30. The minimum absolute atomic E-state index is 0.122.